The molecule has 0 saturated heterocycles. The van der Waals surface area contributed by atoms with Gasteiger partial charge < -0.3 is 15.0 Å². The summed E-state index contributed by atoms with van der Waals surface area (Å²) in [6.07, 6.45) is 1.55. The Hall–Kier alpha value is -1.71. The number of aryl methyl sites for hydroxylation is 2. The molecule has 2 rings (SSSR count). The normalized spacial score (nSPS) is 12.3. The van der Waals surface area contributed by atoms with Crippen molar-refractivity contribution in [3.8, 4) is 0 Å². The molecular formula is C17H29N5O3S. The molecule has 0 fully saturated rings. The van der Waals surface area contributed by atoms with E-state index in [0.717, 1.165) is 29.9 Å². The Morgan fingerprint density at radius 3 is 2.69 bits per heavy atom. The fraction of sp³-hybridized carbons (Fsp3) is 0.647. The van der Waals surface area contributed by atoms with Crippen LogP contribution in [0.25, 0.3) is 11.0 Å². The lowest BCUT2D eigenvalue weighted by atomic mass is 10.3. The number of nitrogens with zero attached hydrogens (tertiary/aromatic N) is 3. The van der Waals surface area contributed by atoms with Gasteiger partial charge in [-0.3, -0.25) is 0 Å². The molecule has 2 aromatic heterocycles. The summed E-state index contributed by atoms with van der Waals surface area (Å²) in [5.74, 6) is 1.23. The molecule has 0 radical (unpaired) electrons. The molecule has 0 amide bonds. The molecule has 0 aliphatic carbocycles. The number of rotatable bonds is 10. The highest BCUT2D eigenvalue weighted by Crippen LogP contribution is 2.22. The van der Waals surface area contributed by atoms with E-state index < -0.39 is 15.3 Å². The lowest BCUT2D eigenvalue weighted by Gasteiger charge is -2.11. The SMILES string of the molecule is CCOCc1nc2c(N)nc(C)cc2n1CCCCNS(=O)(=O)C(C)C. The van der Waals surface area contributed by atoms with E-state index in [4.69, 9.17) is 10.5 Å². The predicted octanol–water partition coefficient (Wildman–Crippen LogP) is 1.97. The van der Waals surface area contributed by atoms with E-state index in [-0.39, 0.29) is 0 Å². The maximum Gasteiger partial charge on any atom is 0.213 e. The number of pyridine rings is 1. The van der Waals surface area contributed by atoms with Crippen molar-refractivity contribution in [2.24, 2.45) is 0 Å². The summed E-state index contributed by atoms with van der Waals surface area (Å²) in [5.41, 5.74) is 8.48. The first-order valence-electron chi connectivity index (χ1n) is 8.94. The number of fused-ring (bicyclic) bond motifs is 1. The van der Waals surface area contributed by atoms with Crippen LogP contribution in [0.4, 0.5) is 5.82 Å². The molecule has 3 N–H and O–H groups in total. The number of unbranched alkanes of at least 4 members (excludes halogenated alkanes) is 1. The summed E-state index contributed by atoms with van der Waals surface area (Å²) in [6.45, 7) is 9.32. The van der Waals surface area contributed by atoms with Crippen molar-refractivity contribution in [2.45, 2.75) is 58.9 Å². The number of hydrogen-bond donors (Lipinski definition) is 2. The van der Waals surface area contributed by atoms with Crippen LogP contribution in [0.1, 0.15) is 45.1 Å². The van der Waals surface area contributed by atoms with Crippen LogP contribution in [-0.2, 0) is 27.9 Å². The Bertz CT molecular complexity index is 846. The van der Waals surface area contributed by atoms with Gasteiger partial charge in [-0.15, -0.1) is 0 Å². The molecule has 0 unspecified atom stereocenters. The molecule has 0 atom stereocenters. The summed E-state index contributed by atoms with van der Waals surface area (Å²) in [5, 5.41) is -0.420. The third-order valence-electron chi connectivity index (χ3n) is 4.14. The summed E-state index contributed by atoms with van der Waals surface area (Å²) in [6, 6.07) is 1.97. The van der Waals surface area contributed by atoms with Crippen molar-refractivity contribution >= 4 is 26.9 Å². The van der Waals surface area contributed by atoms with Gasteiger partial charge in [-0.05, 0) is 46.6 Å². The predicted molar refractivity (Wildman–Crippen MR) is 103 cm³/mol. The van der Waals surface area contributed by atoms with E-state index in [2.05, 4.69) is 19.3 Å². The van der Waals surface area contributed by atoms with Crippen LogP contribution < -0.4 is 10.5 Å². The van der Waals surface area contributed by atoms with Crippen molar-refractivity contribution < 1.29 is 13.2 Å². The summed E-state index contributed by atoms with van der Waals surface area (Å²) >= 11 is 0. The van der Waals surface area contributed by atoms with Crippen LogP contribution in [-0.4, -0.2) is 41.4 Å². The fourth-order valence-corrected chi connectivity index (χ4v) is 3.41. The molecule has 8 nitrogen and oxygen atoms in total. The van der Waals surface area contributed by atoms with Crippen molar-refractivity contribution in [1.29, 1.82) is 0 Å². The lowest BCUT2D eigenvalue weighted by Crippen LogP contribution is -2.31. The van der Waals surface area contributed by atoms with Crippen LogP contribution in [0.3, 0.4) is 0 Å². The monoisotopic (exact) mass is 383 g/mol. The Labute approximate surface area is 155 Å². The Morgan fingerprint density at radius 2 is 2.04 bits per heavy atom. The minimum absolute atomic E-state index is 0.406. The number of imidazole rings is 1. The van der Waals surface area contributed by atoms with Crippen LogP contribution in [0.15, 0.2) is 6.07 Å². The molecule has 2 aromatic rings. The highest BCUT2D eigenvalue weighted by Gasteiger charge is 2.16. The summed E-state index contributed by atoms with van der Waals surface area (Å²) in [7, 11) is -3.21. The van der Waals surface area contributed by atoms with Gasteiger partial charge in [-0.1, -0.05) is 0 Å². The zero-order chi connectivity index (χ0) is 19.3. The molecule has 0 saturated carbocycles. The second kappa shape index (κ2) is 8.79. The molecule has 146 valence electrons. The smallest absolute Gasteiger partial charge is 0.213 e. The molecule has 0 aliphatic rings. The second-order valence-corrected chi connectivity index (χ2v) is 8.85. The van der Waals surface area contributed by atoms with Gasteiger partial charge in [0.25, 0.3) is 0 Å². The van der Waals surface area contributed by atoms with Crippen LogP contribution in [0.5, 0.6) is 0 Å². The summed E-state index contributed by atoms with van der Waals surface area (Å²) < 4.78 is 33.8. The molecule has 2 heterocycles. The number of anilines is 1. The molecule has 0 aliphatic heterocycles. The Morgan fingerprint density at radius 1 is 1.31 bits per heavy atom. The molecule has 26 heavy (non-hydrogen) atoms. The van der Waals surface area contributed by atoms with Gasteiger partial charge >= 0.3 is 0 Å². The van der Waals surface area contributed by atoms with Gasteiger partial charge in [0, 0.05) is 25.4 Å². The van der Waals surface area contributed by atoms with Crippen molar-refractivity contribution in [1.82, 2.24) is 19.3 Å². The van der Waals surface area contributed by atoms with E-state index in [1.54, 1.807) is 13.8 Å². The molecule has 0 spiro atoms. The van der Waals surface area contributed by atoms with E-state index in [9.17, 15) is 8.42 Å². The third kappa shape index (κ3) is 4.93. The first kappa shape index (κ1) is 20.6. The number of nitrogens with one attached hydrogen (secondary N) is 1. The van der Waals surface area contributed by atoms with E-state index in [0.29, 0.717) is 37.6 Å². The van der Waals surface area contributed by atoms with Gasteiger partial charge in [-0.25, -0.2) is 23.1 Å². The average Bonchev–Trinajstić information content (AvgIpc) is 2.90. The Balaban J connectivity index is 2.09. The maximum absolute atomic E-state index is 11.8. The standard InChI is InChI=1S/C17H29N5O3S/c1-5-25-11-15-21-16-14(10-13(4)20-17(16)18)22(15)9-7-6-8-19-26(23,24)12(2)3/h10,12,19H,5-9,11H2,1-4H3,(H2,18,20). The highest BCUT2D eigenvalue weighted by molar-refractivity contribution is 7.90. The van der Waals surface area contributed by atoms with Crippen LogP contribution in [0, 0.1) is 6.92 Å². The van der Waals surface area contributed by atoms with Crippen LogP contribution in [0.2, 0.25) is 0 Å². The number of sulfonamides is 1. The van der Waals surface area contributed by atoms with Gasteiger partial charge in [-0.2, -0.15) is 0 Å². The van der Waals surface area contributed by atoms with Crippen molar-refractivity contribution in [3.63, 3.8) is 0 Å². The minimum Gasteiger partial charge on any atom is -0.382 e. The topological polar surface area (TPSA) is 112 Å². The van der Waals surface area contributed by atoms with E-state index in [1.165, 1.54) is 0 Å². The fourth-order valence-electron chi connectivity index (χ4n) is 2.65. The van der Waals surface area contributed by atoms with E-state index in [1.807, 2.05) is 19.9 Å². The number of nitrogens with two attached hydrogens (primary N) is 1. The van der Waals surface area contributed by atoms with Gasteiger partial charge in [0.15, 0.2) is 5.82 Å². The van der Waals surface area contributed by atoms with Gasteiger partial charge in [0.2, 0.25) is 10.0 Å². The van der Waals surface area contributed by atoms with Crippen LogP contribution >= 0.6 is 0 Å². The average molecular weight is 384 g/mol. The Kier molecular flexibility index (Phi) is 6.96. The first-order chi connectivity index (χ1) is 12.3. The number of hydrogen-bond acceptors (Lipinski definition) is 6. The largest absolute Gasteiger partial charge is 0.382 e. The van der Waals surface area contributed by atoms with Gasteiger partial charge in [0.05, 0.1) is 10.8 Å². The quantitative estimate of drug-likeness (QED) is 0.607. The maximum atomic E-state index is 11.8. The first-order valence-corrected chi connectivity index (χ1v) is 10.5. The highest BCUT2D eigenvalue weighted by atomic mass is 32.2. The number of aromatic nitrogens is 3. The number of ether oxygens (including phenoxy) is 1. The number of nitrogen functional groups attached to an aromatic ring is 1. The lowest BCUT2D eigenvalue weighted by molar-refractivity contribution is 0.126. The van der Waals surface area contributed by atoms with Gasteiger partial charge in [0.1, 0.15) is 17.9 Å². The molecule has 0 bridgehead atoms. The van der Waals surface area contributed by atoms with E-state index >= 15 is 0 Å². The molecular weight excluding hydrogens is 354 g/mol. The molecule has 0 aromatic carbocycles. The summed E-state index contributed by atoms with van der Waals surface area (Å²) in [4.78, 5) is 8.87. The van der Waals surface area contributed by atoms with Crippen molar-refractivity contribution in [2.75, 3.05) is 18.9 Å². The van der Waals surface area contributed by atoms with Crippen molar-refractivity contribution in [3.05, 3.63) is 17.6 Å². The molecule has 9 heteroatoms. The zero-order valence-electron chi connectivity index (χ0n) is 15.9. The zero-order valence-corrected chi connectivity index (χ0v) is 16.8. The third-order valence-corrected chi connectivity index (χ3v) is 5.99. The second-order valence-electron chi connectivity index (χ2n) is 6.53. The minimum atomic E-state index is -3.21.